The molecule has 2 unspecified atom stereocenters. The number of aromatic nitrogens is 1. The van der Waals surface area contributed by atoms with Gasteiger partial charge in [-0.15, -0.1) is 0 Å². The molecule has 1 aromatic heterocycles. The Morgan fingerprint density at radius 1 is 1.41 bits per heavy atom. The molecule has 0 amide bonds. The van der Waals surface area contributed by atoms with Crippen molar-refractivity contribution in [3.05, 3.63) is 24.0 Å². The Bertz CT molecular complexity index is 414. The molecular weight excluding hydrogens is 214 g/mol. The Morgan fingerprint density at radius 2 is 2.18 bits per heavy atom. The summed E-state index contributed by atoms with van der Waals surface area (Å²) >= 11 is 0. The van der Waals surface area contributed by atoms with Crippen molar-refractivity contribution in [3.63, 3.8) is 0 Å². The van der Waals surface area contributed by atoms with E-state index in [1.54, 1.807) is 6.20 Å². The van der Waals surface area contributed by atoms with Crippen molar-refractivity contribution >= 4 is 5.78 Å². The third-order valence-corrected chi connectivity index (χ3v) is 3.35. The molecule has 0 saturated heterocycles. The summed E-state index contributed by atoms with van der Waals surface area (Å²) in [4.78, 5) is 15.8. The number of ether oxygens (including phenoxy) is 1. The number of carbonyl (C=O) groups is 1. The molecule has 3 heteroatoms. The number of Topliss-reactive ketones (excluding diaryl/α,β-unsaturated/α-hetero) is 1. The van der Waals surface area contributed by atoms with Crippen molar-refractivity contribution < 1.29 is 9.53 Å². The number of ketones is 1. The van der Waals surface area contributed by atoms with E-state index in [1.165, 1.54) is 0 Å². The second-order valence-electron chi connectivity index (χ2n) is 5.02. The van der Waals surface area contributed by atoms with E-state index < -0.39 is 0 Å². The van der Waals surface area contributed by atoms with Gasteiger partial charge in [-0.05, 0) is 37.8 Å². The van der Waals surface area contributed by atoms with Gasteiger partial charge in [0, 0.05) is 18.5 Å². The summed E-state index contributed by atoms with van der Waals surface area (Å²) in [6, 6.07) is 2.02. The average Bonchev–Trinajstić information content (AvgIpc) is 2.59. The Morgan fingerprint density at radius 3 is 2.76 bits per heavy atom. The molecule has 0 aromatic carbocycles. The first-order valence-electron chi connectivity index (χ1n) is 6.22. The maximum absolute atomic E-state index is 11.6. The van der Waals surface area contributed by atoms with Gasteiger partial charge in [0.15, 0.2) is 0 Å². The van der Waals surface area contributed by atoms with Crippen molar-refractivity contribution in [2.45, 2.75) is 45.6 Å². The van der Waals surface area contributed by atoms with Crippen LogP contribution in [0.4, 0.5) is 0 Å². The van der Waals surface area contributed by atoms with Crippen molar-refractivity contribution in [2.75, 3.05) is 0 Å². The zero-order valence-corrected chi connectivity index (χ0v) is 10.6. The summed E-state index contributed by atoms with van der Waals surface area (Å²) in [6.45, 7) is 6.00. The smallest absolute Gasteiger partial charge is 0.138 e. The number of hydrogen-bond acceptors (Lipinski definition) is 3. The van der Waals surface area contributed by atoms with E-state index in [-0.39, 0.29) is 12.0 Å². The van der Waals surface area contributed by atoms with Crippen LogP contribution in [0, 0.1) is 5.92 Å². The average molecular weight is 233 g/mol. The first kappa shape index (κ1) is 12.1. The van der Waals surface area contributed by atoms with Gasteiger partial charge < -0.3 is 4.74 Å². The van der Waals surface area contributed by atoms with Crippen LogP contribution in [0.25, 0.3) is 0 Å². The van der Waals surface area contributed by atoms with E-state index in [0.29, 0.717) is 18.1 Å². The van der Waals surface area contributed by atoms with Crippen LogP contribution >= 0.6 is 0 Å². The molecule has 1 saturated carbocycles. The monoisotopic (exact) mass is 233 g/mol. The lowest BCUT2D eigenvalue weighted by atomic mass is 9.91. The third kappa shape index (κ3) is 2.65. The van der Waals surface area contributed by atoms with Gasteiger partial charge in [0.2, 0.25) is 0 Å². The van der Waals surface area contributed by atoms with Crippen molar-refractivity contribution in [2.24, 2.45) is 5.92 Å². The number of nitrogens with zero attached hydrogens (tertiary/aromatic N) is 1. The molecule has 0 bridgehead atoms. The van der Waals surface area contributed by atoms with Gasteiger partial charge in [0.1, 0.15) is 11.5 Å². The molecule has 92 valence electrons. The van der Waals surface area contributed by atoms with Gasteiger partial charge in [0.25, 0.3) is 0 Å². The zero-order chi connectivity index (χ0) is 12.4. The fourth-order valence-electron chi connectivity index (χ4n) is 2.43. The van der Waals surface area contributed by atoms with E-state index in [2.05, 4.69) is 4.98 Å². The highest BCUT2D eigenvalue weighted by molar-refractivity contribution is 5.84. The molecule has 0 radical (unpaired) electrons. The van der Waals surface area contributed by atoms with Crippen molar-refractivity contribution in [1.29, 1.82) is 0 Å². The minimum absolute atomic E-state index is 0.117. The van der Waals surface area contributed by atoms with Crippen LogP contribution in [0.3, 0.4) is 0 Å². The van der Waals surface area contributed by atoms with E-state index in [0.717, 1.165) is 17.7 Å². The fourth-order valence-corrected chi connectivity index (χ4v) is 2.43. The first-order chi connectivity index (χ1) is 8.08. The summed E-state index contributed by atoms with van der Waals surface area (Å²) in [5.74, 6) is 1.59. The van der Waals surface area contributed by atoms with Gasteiger partial charge in [0.05, 0.1) is 12.3 Å². The topological polar surface area (TPSA) is 39.2 Å². The maximum Gasteiger partial charge on any atom is 0.138 e. The van der Waals surface area contributed by atoms with Crippen molar-refractivity contribution in [1.82, 2.24) is 4.98 Å². The maximum atomic E-state index is 11.6. The van der Waals surface area contributed by atoms with Gasteiger partial charge in [-0.25, -0.2) is 0 Å². The molecular formula is C14H19NO2. The fraction of sp³-hybridized carbons (Fsp3) is 0.571. The Balaban J connectivity index is 2.18. The number of pyridine rings is 1. The molecule has 0 aliphatic heterocycles. The zero-order valence-electron chi connectivity index (χ0n) is 10.6. The highest BCUT2D eigenvalue weighted by atomic mass is 16.5. The lowest BCUT2D eigenvalue weighted by Crippen LogP contribution is -2.10. The van der Waals surface area contributed by atoms with E-state index >= 15 is 0 Å². The molecule has 2 atom stereocenters. The predicted octanol–water partition coefficient (Wildman–Crippen LogP) is 2.95. The second-order valence-corrected chi connectivity index (χ2v) is 5.02. The molecule has 1 aromatic rings. The summed E-state index contributed by atoms with van der Waals surface area (Å²) in [7, 11) is 0. The largest absolute Gasteiger partial charge is 0.489 e. The van der Waals surface area contributed by atoms with E-state index in [9.17, 15) is 4.79 Å². The number of carbonyl (C=O) groups excluding carboxylic acids is 1. The molecule has 17 heavy (non-hydrogen) atoms. The first-order valence-corrected chi connectivity index (χ1v) is 6.22. The SMILES string of the molecule is CC(C)Oc1cncc(C2CCC(=O)C2C)c1. The molecule has 0 spiro atoms. The van der Waals surface area contributed by atoms with Gasteiger partial charge >= 0.3 is 0 Å². The normalized spacial score (nSPS) is 24.4. The molecule has 1 heterocycles. The van der Waals surface area contributed by atoms with Gasteiger partial charge in [-0.1, -0.05) is 6.92 Å². The van der Waals surface area contributed by atoms with Crippen LogP contribution < -0.4 is 4.74 Å². The summed E-state index contributed by atoms with van der Waals surface area (Å²) < 4.78 is 5.63. The molecule has 1 fully saturated rings. The van der Waals surface area contributed by atoms with Crippen molar-refractivity contribution in [3.8, 4) is 5.75 Å². The lowest BCUT2D eigenvalue weighted by Gasteiger charge is -2.16. The molecule has 0 N–H and O–H groups in total. The van der Waals surface area contributed by atoms with Crippen LogP contribution in [0.1, 0.15) is 45.1 Å². The minimum atomic E-state index is 0.117. The molecule has 1 aliphatic carbocycles. The van der Waals surface area contributed by atoms with Gasteiger partial charge in [-0.3, -0.25) is 9.78 Å². The van der Waals surface area contributed by atoms with Gasteiger partial charge in [-0.2, -0.15) is 0 Å². The molecule has 3 nitrogen and oxygen atoms in total. The standard InChI is InChI=1S/C14H19NO2/c1-9(2)17-12-6-11(7-15-8-12)13-4-5-14(16)10(13)3/h6-10,13H,4-5H2,1-3H3. The van der Waals surface area contributed by atoms with E-state index in [1.807, 2.05) is 33.0 Å². The quantitative estimate of drug-likeness (QED) is 0.805. The molecule has 2 rings (SSSR count). The number of rotatable bonds is 3. The highest BCUT2D eigenvalue weighted by Gasteiger charge is 2.32. The van der Waals surface area contributed by atoms with Crippen LogP contribution in [0.5, 0.6) is 5.75 Å². The minimum Gasteiger partial charge on any atom is -0.489 e. The Labute approximate surface area is 102 Å². The van der Waals surface area contributed by atoms with E-state index in [4.69, 9.17) is 4.74 Å². The van der Waals surface area contributed by atoms with Crippen LogP contribution in [0.2, 0.25) is 0 Å². The molecule has 1 aliphatic rings. The Hall–Kier alpha value is -1.38. The highest BCUT2D eigenvalue weighted by Crippen LogP contribution is 2.37. The lowest BCUT2D eigenvalue weighted by molar-refractivity contribution is -0.120. The third-order valence-electron chi connectivity index (χ3n) is 3.35. The summed E-state index contributed by atoms with van der Waals surface area (Å²) in [5.41, 5.74) is 1.13. The summed E-state index contributed by atoms with van der Waals surface area (Å²) in [6.07, 6.45) is 5.36. The summed E-state index contributed by atoms with van der Waals surface area (Å²) in [5, 5.41) is 0. The van der Waals surface area contributed by atoms with Crippen LogP contribution in [-0.2, 0) is 4.79 Å². The van der Waals surface area contributed by atoms with Crippen LogP contribution in [0.15, 0.2) is 18.5 Å². The Kier molecular flexibility index (Phi) is 3.46. The second kappa shape index (κ2) is 4.86. The number of hydrogen-bond donors (Lipinski definition) is 0. The predicted molar refractivity (Wildman–Crippen MR) is 66.1 cm³/mol. The van der Waals surface area contributed by atoms with Crippen LogP contribution in [-0.4, -0.2) is 16.9 Å².